The fourth-order valence-electron chi connectivity index (χ4n) is 2.68. The zero-order chi connectivity index (χ0) is 15.4. The van der Waals surface area contributed by atoms with E-state index in [1.165, 1.54) is 5.56 Å². The fraction of sp³-hybridized carbons (Fsp3) is 0.316. The molecule has 3 rings (SSSR count). The third-order valence-electron chi connectivity index (χ3n) is 4.18. The molecule has 0 aliphatic rings. The van der Waals surface area contributed by atoms with Gasteiger partial charge in [-0.15, -0.1) is 0 Å². The molecule has 1 atom stereocenters. The molecule has 2 aromatic carbocycles. The number of rotatable bonds is 6. The monoisotopic (exact) mass is 294 g/mol. The van der Waals surface area contributed by atoms with Gasteiger partial charge in [0.15, 0.2) is 0 Å². The smallest absolute Gasteiger partial charge is 0.122 e. The number of hydrogen-bond acceptors (Lipinski definition) is 2. The average molecular weight is 294 g/mol. The first-order chi connectivity index (χ1) is 10.8. The molecular formula is C19H22N2O. The Kier molecular flexibility index (Phi) is 4.42. The first kappa shape index (κ1) is 14.6. The van der Waals surface area contributed by atoms with Crippen molar-refractivity contribution >= 4 is 11.0 Å². The molecule has 0 aliphatic heterocycles. The molecule has 0 fully saturated rings. The van der Waals surface area contributed by atoms with Gasteiger partial charge in [-0.05, 0) is 36.1 Å². The van der Waals surface area contributed by atoms with Crippen molar-refractivity contribution in [1.29, 1.82) is 0 Å². The lowest BCUT2D eigenvalue weighted by atomic mass is 9.98. The molecule has 114 valence electrons. The lowest BCUT2D eigenvalue weighted by Crippen LogP contribution is -2.09. The van der Waals surface area contributed by atoms with Gasteiger partial charge < -0.3 is 9.30 Å². The number of benzene rings is 2. The van der Waals surface area contributed by atoms with Crippen molar-refractivity contribution in [2.24, 2.45) is 0 Å². The molecule has 0 bridgehead atoms. The lowest BCUT2D eigenvalue weighted by molar-refractivity contribution is 0.295. The van der Waals surface area contributed by atoms with Crippen LogP contribution in [0.25, 0.3) is 11.0 Å². The highest BCUT2D eigenvalue weighted by molar-refractivity contribution is 5.74. The first-order valence-corrected chi connectivity index (χ1v) is 7.91. The number of imidazole rings is 1. The lowest BCUT2D eigenvalue weighted by Gasteiger charge is -2.16. The highest BCUT2D eigenvalue weighted by Crippen LogP contribution is 2.28. The highest BCUT2D eigenvalue weighted by atomic mass is 16.5. The largest absolute Gasteiger partial charge is 0.491 e. The van der Waals surface area contributed by atoms with E-state index in [2.05, 4.69) is 47.7 Å². The van der Waals surface area contributed by atoms with Gasteiger partial charge in [0.2, 0.25) is 0 Å². The predicted molar refractivity (Wildman–Crippen MR) is 90.4 cm³/mol. The highest BCUT2D eigenvalue weighted by Gasteiger charge is 2.09. The zero-order valence-electron chi connectivity index (χ0n) is 13.2. The van der Waals surface area contributed by atoms with Gasteiger partial charge in [-0.1, -0.05) is 44.2 Å². The summed E-state index contributed by atoms with van der Waals surface area (Å²) < 4.78 is 8.17. The Morgan fingerprint density at radius 1 is 1.09 bits per heavy atom. The molecule has 0 spiro atoms. The van der Waals surface area contributed by atoms with E-state index in [0.717, 1.165) is 29.7 Å². The van der Waals surface area contributed by atoms with Crippen LogP contribution < -0.4 is 4.74 Å². The van der Waals surface area contributed by atoms with Gasteiger partial charge in [-0.3, -0.25) is 0 Å². The summed E-state index contributed by atoms with van der Waals surface area (Å²) in [5.74, 6) is 1.52. The minimum Gasteiger partial charge on any atom is -0.491 e. The Morgan fingerprint density at radius 2 is 1.86 bits per heavy atom. The second kappa shape index (κ2) is 6.65. The number of aromatic nitrogens is 2. The van der Waals surface area contributed by atoms with E-state index in [1.807, 2.05) is 30.6 Å². The van der Waals surface area contributed by atoms with E-state index in [-0.39, 0.29) is 0 Å². The molecule has 0 radical (unpaired) electrons. The Hall–Kier alpha value is -2.29. The molecule has 0 saturated carbocycles. The van der Waals surface area contributed by atoms with Crippen LogP contribution in [0.2, 0.25) is 0 Å². The van der Waals surface area contributed by atoms with Crippen molar-refractivity contribution in [1.82, 2.24) is 9.55 Å². The minimum atomic E-state index is 0.519. The average Bonchev–Trinajstić information content (AvgIpc) is 2.98. The van der Waals surface area contributed by atoms with Crippen molar-refractivity contribution in [2.45, 2.75) is 32.7 Å². The predicted octanol–water partition coefficient (Wildman–Crippen LogP) is 4.63. The minimum absolute atomic E-state index is 0.519. The Balaban J connectivity index is 1.69. The summed E-state index contributed by atoms with van der Waals surface area (Å²) >= 11 is 0. The van der Waals surface area contributed by atoms with E-state index in [1.54, 1.807) is 0 Å². The molecular weight excluding hydrogens is 272 g/mol. The summed E-state index contributed by atoms with van der Waals surface area (Å²) in [5, 5.41) is 0. The Bertz CT molecular complexity index is 748. The summed E-state index contributed by atoms with van der Waals surface area (Å²) in [5.41, 5.74) is 3.48. The van der Waals surface area contributed by atoms with Crippen LogP contribution in [0.4, 0.5) is 0 Å². The number of fused-ring (bicyclic) bond motifs is 1. The third kappa shape index (κ3) is 2.98. The molecule has 3 aromatic rings. The van der Waals surface area contributed by atoms with E-state index in [9.17, 15) is 0 Å². The van der Waals surface area contributed by atoms with Crippen LogP contribution in [0.3, 0.4) is 0 Å². The fourth-order valence-corrected chi connectivity index (χ4v) is 2.68. The van der Waals surface area contributed by atoms with Crippen molar-refractivity contribution in [3.05, 3.63) is 60.4 Å². The maximum atomic E-state index is 6.03. The molecule has 1 heterocycles. The normalized spacial score (nSPS) is 12.5. The molecule has 22 heavy (non-hydrogen) atoms. The molecule has 0 unspecified atom stereocenters. The Morgan fingerprint density at radius 3 is 2.73 bits per heavy atom. The van der Waals surface area contributed by atoms with Crippen molar-refractivity contribution < 1.29 is 4.74 Å². The molecule has 3 nitrogen and oxygen atoms in total. The van der Waals surface area contributed by atoms with E-state index in [4.69, 9.17) is 4.74 Å². The number of ether oxygens (including phenoxy) is 1. The quantitative estimate of drug-likeness (QED) is 0.663. The number of hydrogen-bond donors (Lipinski definition) is 0. The van der Waals surface area contributed by atoms with Crippen molar-refractivity contribution in [3.63, 3.8) is 0 Å². The molecule has 0 N–H and O–H groups in total. The van der Waals surface area contributed by atoms with Crippen molar-refractivity contribution in [2.75, 3.05) is 6.61 Å². The van der Waals surface area contributed by atoms with E-state index in [0.29, 0.717) is 12.5 Å². The maximum Gasteiger partial charge on any atom is 0.122 e. The summed E-state index contributed by atoms with van der Waals surface area (Å²) in [7, 11) is 0. The maximum absolute atomic E-state index is 6.03. The van der Waals surface area contributed by atoms with Crippen LogP contribution >= 0.6 is 0 Å². The van der Waals surface area contributed by atoms with Crippen LogP contribution in [0, 0.1) is 0 Å². The van der Waals surface area contributed by atoms with Crippen LogP contribution in [0.5, 0.6) is 5.75 Å². The van der Waals surface area contributed by atoms with Crippen LogP contribution in [-0.4, -0.2) is 16.2 Å². The van der Waals surface area contributed by atoms with Gasteiger partial charge >= 0.3 is 0 Å². The van der Waals surface area contributed by atoms with Crippen LogP contribution in [0.1, 0.15) is 31.7 Å². The van der Waals surface area contributed by atoms with E-state index >= 15 is 0 Å². The topological polar surface area (TPSA) is 27.1 Å². The molecule has 0 saturated heterocycles. The van der Waals surface area contributed by atoms with E-state index < -0.39 is 0 Å². The number of para-hydroxylation sites is 3. The number of nitrogens with zero attached hydrogens (tertiary/aromatic N) is 2. The van der Waals surface area contributed by atoms with Gasteiger partial charge in [-0.2, -0.15) is 0 Å². The molecule has 0 amide bonds. The van der Waals surface area contributed by atoms with Gasteiger partial charge in [-0.25, -0.2) is 4.98 Å². The van der Waals surface area contributed by atoms with Gasteiger partial charge in [0.05, 0.1) is 23.9 Å². The van der Waals surface area contributed by atoms with Crippen LogP contribution in [0.15, 0.2) is 54.9 Å². The molecule has 0 aliphatic carbocycles. The standard InChI is InChI=1S/C19H22N2O/c1-3-15(2)16-8-4-7-11-19(16)22-13-12-21-14-20-17-9-5-6-10-18(17)21/h4-11,14-15H,3,12-13H2,1-2H3/t15-/m1/s1. The third-order valence-corrected chi connectivity index (χ3v) is 4.18. The van der Waals surface area contributed by atoms with Gasteiger partial charge in [0.1, 0.15) is 12.4 Å². The van der Waals surface area contributed by atoms with Gasteiger partial charge in [0.25, 0.3) is 0 Å². The zero-order valence-corrected chi connectivity index (χ0v) is 13.2. The summed E-state index contributed by atoms with van der Waals surface area (Å²) in [6, 6.07) is 16.5. The Labute approximate surface area is 131 Å². The summed E-state index contributed by atoms with van der Waals surface area (Å²) in [4.78, 5) is 4.41. The van der Waals surface area contributed by atoms with Crippen molar-refractivity contribution in [3.8, 4) is 5.75 Å². The second-order valence-corrected chi connectivity index (χ2v) is 5.62. The molecule has 3 heteroatoms. The SMILES string of the molecule is CC[C@@H](C)c1ccccc1OCCn1cnc2ccccc21. The molecule has 1 aromatic heterocycles. The summed E-state index contributed by atoms with van der Waals surface area (Å²) in [6.45, 7) is 5.90. The van der Waals surface area contributed by atoms with Crippen LogP contribution in [-0.2, 0) is 6.54 Å². The summed E-state index contributed by atoms with van der Waals surface area (Å²) in [6.07, 6.45) is 3.00. The first-order valence-electron chi connectivity index (χ1n) is 7.91. The second-order valence-electron chi connectivity index (χ2n) is 5.62. The van der Waals surface area contributed by atoms with Gasteiger partial charge in [0, 0.05) is 0 Å².